The van der Waals surface area contributed by atoms with Crippen molar-refractivity contribution >= 4 is 12.3 Å². The summed E-state index contributed by atoms with van der Waals surface area (Å²) in [6.45, 7) is 11.3. The number of amides is 2. The molecule has 2 amide bonds. The smallest absolute Gasteiger partial charge is 0.273 e. The lowest BCUT2D eigenvalue weighted by molar-refractivity contribution is -0.116. The molecule has 0 saturated carbocycles. The summed E-state index contributed by atoms with van der Waals surface area (Å²) in [6.07, 6.45) is 5.91. The summed E-state index contributed by atoms with van der Waals surface area (Å²) >= 11 is 0. The van der Waals surface area contributed by atoms with Gasteiger partial charge in [-0.3, -0.25) is 9.59 Å². The highest BCUT2D eigenvalue weighted by molar-refractivity contribution is 5.91. The van der Waals surface area contributed by atoms with Gasteiger partial charge in [-0.25, -0.2) is 9.07 Å². The second-order valence-corrected chi connectivity index (χ2v) is 8.03. The van der Waals surface area contributed by atoms with Gasteiger partial charge in [0.25, 0.3) is 5.91 Å². The van der Waals surface area contributed by atoms with Gasteiger partial charge in [-0.1, -0.05) is 31.7 Å². The van der Waals surface area contributed by atoms with Gasteiger partial charge in [-0.2, -0.15) is 0 Å². The van der Waals surface area contributed by atoms with Crippen LogP contribution >= 0.6 is 0 Å². The van der Waals surface area contributed by atoms with Gasteiger partial charge in [-0.15, -0.1) is 5.10 Å². The second-order valence-electron chi connectivity index (χ2n) is 8.03. The van der Waals surface area contributed by atoms with Crippen LogP contribution in [0.1, 0.15) is 44.6 Å². The standard InChI is InChI=1S/C21H33FN6O3/c1-6-18(24-16(2)3)8-10-27(15-30)9-7-17(22)11-28-12-19(25-26-28)20(31)23-13-21(4,5)14-29/h6,8,10,12,15,17,24,29H,2,7,9,11,13-14H2,1,3-5H3,(H,23,31)/b10-8-,18-6+. The molecular weight excluding hydrogens is 403 g/mol. The molecule has 9 nitrogen and oxygen atoms in total. The van der Waals surface area contributed by atoms with E-state index in [1.807, 2.05) is 33.8 Å². The first kappa shape index (κ1) is 26.0. The fraction of sp³-hybridized carbons (Fsp3) is 0.524. The van der Waals surface area contributed by atoms with Gasteiger partial charge in [0.2, 0.25) is 6.41 Å². The first-order chi connectivity index (χ1) is 14.6. The Bertz CT molecular complexity index is 803. The van der Waals surface area contributed by atoms with E-state index in [0.717, 1.165) is 11.4 Å². The lowest BCUT2D eigenvalue weighted by atomic mass is 9.95. The van der Waals surface area contributed by atoms with E-state index in [-0.39, 0.29) is 38.4 Å². The molecular formula is C21H33FN6O3. The molecule has 0 fully saturated rings. The zero-order valence-corrected chi connectivity index (χ0v) is 18.6. The average molecular weight is 437 g/mol. The summed E-state index contributed by atoms with van der Waals surface area (Å²) in [4.78, 5) is 24.7. The van der Waals surface area contributed by atoms with Crippen molar-refractivity contribution in [1.29, 1.82) is 0 Å². The topological polar surface area (TPSA) is 112 Å². The van der Waals surface area contributed by atoms with E-state index in [0.29, 0.717) is 6.41 Å². The number of rotatable bonds is 14. The number of hydrogen-bond donors (Lipinski definition) is 3. The molecule has 1 atom stereocenters. The van der Waals surface area contributed by atoms with Gasteiger partial charge in [0, 0.05) is 42.7 Å². The highest BCUT2D eigenvalue weighted by Gasteiger charge is 2.20. The molecule has 1 aromatic rings. The van der Waals surface area contributed by atoms with Crippen LogP contribution in [0.2, 0.25) is 0 Å². The lowest BCUT2D eigenvalue weighted by Gasteiger charge is -2.21. The van der Waals surface area contributed by atoms with Crippen molar-refractivity contribution in [2.75, 3.05) is 19.7 Å². The van der Waals surface area contributed by atoms with Crippen LogP contribution in [0.3, 0.4) is 0 Å². The van der Waals surface area contributed by atoms with Crippen molar-refractivity contribution < 1.29 is 19.1 Å². The van der Waals surface area contributed by atoms with Gasteiger partial charge >= 0.3 is 0 Å². The van der Waals surface area contributed by atoms with E-state index in [1.165, 1.54) is 15.8 Å². The molecule has 172 valence electrons. The minimum atomic E-state index is -1.28. The third-order valence-corrected chi connectivity index (χ3v) is 4.26. The Balaban J connectivity index is 2.53. The minimum Gasteiger partial charge on any atom is -0.396 e. The van der Waals surface area contributed by atoms with Crippen LogP contribution in [0, 0.1) is 5.41 Å². The summed E-state index contributed by atoms with van der Waals surface area (Å²) in [6, 6.07) is 0. The first-order valence-electron chi connectivity index (χ1n) is 10.0. The van der Waals surface area contributed by atoms with E-state index in [9.17, 15) is 19.1 Å². The monoisotopic (exact) mass is 436 g/mol. The van der Waals surface area contributed by atoms with E-state index < -0.39 is 17.5 Å². The summed E-state index contributed by atoms with van der Waals surface area (Å²) in [7, 11) is 0. The van der Waals surface area contributed by atoms with Crippen LogP contribution in [0.15, 0.2) is 42.5 Å². The summed E-state index contributed by atoms with van der Waals surface area (Å²) in [5.41, 5.74) is 1.15. The van der Waals surface area contributed by atoms with Crippen molar-refractivity contribution in [2.24, 2.45) is 5.41 Å². The van der Waals surface area contributed by atoms with Crippen LogP contribution < -0.4 is 10.6 Å². The van der Waals surface area contributed by atoms with Gasteiger partial charge in [0.1, 0.15) is 6.17 Å². The van der Waals surface area contributed by atoms with Crippen molar-refractivity contribution in [3.63, 3.8) is 0 Å². The van der Waals surface area contributed by atoms with Crippen LogP contribution in [0.25, 0.3) is 0 Å². The fourth-order valence-corrected chi connectivity index (χ4v) is 2.34. The van der Waals surface area contributed by atoms with Crippen molar-refractivity contribution in [1.82, 2.24) is 30.5 Å². The summed E-state index contributed by atoms with van der Waals surface area (Å²) in [5, 5.41) is 22.5. The molecule has 0 radical (unpaired) electrons. The summed E-state index contributed by atoms with van der Waals surface area (Å²) < 4.78 is 15.6. The third-order valence-electron chi connectivity index (χ3n) is 4.26. The number of halogens is 1. The number of alkyl halides is 1. The predicted molar refractivity (Wildman–Crippen MR) is 116 cm³/mol. The number of nitrogens with one attached hydrogen (secondary N) is 2. The molecule has 10 heteroatoms. The molecule has 0 aromatic carbocycles. The normalized spacial score (nSPS) is 13.2. The van der Waals surface area contributed by atoms with Crippen LogP contribution in [0.5, 0.6) is 0 Å². The van der Waals surface area contributed by atoms with Crippen molar-refractivity contribution in [3.05, 3.63) is 48.2 Å². The lowest BCUT2D eigenvalue weighted by Crippen LogP contribution is -2.36. The van der Waals surface area contributed by atoms with E-state index in [2.05, 4.69) is 27.5 Å². The fourth-order valence-electron chi connectivity index (χ4n) is 2.34. The number of allylic oxidation sites excluding steroid dienone is 3. The van der Waals surface area contributed by atoms with Crippen molar-refractivity contribution in [2.45, 2.75) is 46.8 Å². The first-order valence-corrected chi connectivity index (χ1v) is 10.0. The number of carbonyl (C=O) groups excluding carboxylic acids is 2. The molecule has 3 N–H and O–H groups in total. The van der Waals surface area contributed by atoms with Gasteiger partial charge in [0.15, 0.2) is 5.69 Å². The Morgan fingerprint density at radius 2 is 2.19 bits per heavy atom. The van der Waals surface area contributed by atoms with Crippen LogP contribution in [-0.4, -0.2) is 63.2 Å². The third kappa shape index (κ3) is 10.0. The van der Waals surface area contributed by atoms with Gasteiger partial charge in [-0.05, 0) is 26.3 Å². The van der Waals surface area contributed by atoms with Crippen LogP contribution in [0.4, 0.5) is 4.39 Å². The molecule has 0 saturated heterocycles. The zero-order chi connectivity index (χ0) is 23.4. The molecule has 0 spiro atoms. The Kier molecular flexibility index (Phi) is 10.6. The second kappa shape index (κ2) is 12.6. The number of aromatic nitrogens is 3. The Labute approximate surface area is 182 Å². The van der Waals surface area contributed by atoms with Gasteiger partial charge < -0.3 is 20.6 Å². The molecule has 0 aliphatic rings. The molecule has 31 heavy (non-hydrogen) atoms. The number of aliphatic hydroxyl groups is 1. The summed E-state index contributed by atoms with van der Waals surface area (Å²) in [5.74, 6) is -0.441. The largest absolute Gasteiger partial charge is 0.396 e. The molecule has 0 aliphatic heterocycles. The van der Waals surface area contributed by atoms with E-state index in [1.54, 1.807) is 12.3 Å². The maximum absolute atomic E-state index is 14.4. The molecule has 1 aromatic heterocycles. The highest BCUT2D eigenvalue weighted by atomic mass is 19.1. The maximum Gasteiger partial charge on any atom is 0.273 e. The minimum absolute atomic E-state index is 0.0716. The molecule has 0 bridgehead atoms. The predicted octanol–water partition coefficient (Wildman–Crippen LogP) is 1.75. The number of hydrogen-bond acceptors (Lipinski definition) is 6. The molecule has 1 unspecified atom stereocenters. The SMILES string of the molecule is C=C(C)NC(/C=C\N(C=O)CCC(F)Cn1cc(C(=O)NCC(C)(C)CO)nn1)=C/C. The van der Waals surface area contributed by atoms with Crippen LogP contribution in [-0.2, 0) is 11.3 Å². The maximum atomic E-state index is 14.4. The highest BCUT2D eigenvalue weighted by Crippen LogP contribution is 2.11. The Hall–Kier alpha value is -3.01. The Morgan fingerprint density at radius 3 is 2.77 bits per heavy atom. The van der Waals surface area contributed by atoms with Crippen molar-refractivity contribution in [3.8, 4) is 0 Å². The zero-order valence-electron chi connectivity index (χ0n) is 18.6. The molecule has 0 aliphatic carbocycles. The molecule has 1 heterocycles. The number of carbonyl (C=O) groups is 2. The number of aliphatic hydroxyl groups excluding tert-OH is 1. The quantitative estimate of drug-likeness (QED) is 0.303. The Morgan fingerprint density at radius 1 is 1.48 bits per heavy atom. The van der Waals surface area contributed by atoms with E-state index >= 15 is 0 Å². The van der Waals surface area contributed by atoms with Gasteiger partial charge in [0.05, 0.1) is 12.7 Å². The average Bonchev–Trinajstić information content (AvgIpc) is 3.19. The van der Waals surface area contributed by atoms with E-state index in [4.69, 9.17) is 0 Å². The number of nitrogens with zero attached hydrogens (tertiary/aromatic N) is 4. The molecule has 1 rings (SSSR count).